The second kappa shape index (κ2) is 6.42. The Kier molecular flexibility index (Phi) is 4.48. The van der Waals surface area contributed by atoms with Gasteiger partial charge in [-0.05, 0) is 66.7 Å². The van der Waals surface area contributed by atoms with Crippen LogP contribution in [0.4, 0.5) is 0 Å². The van der Waals surface area contributed by atoms with Gasteiger partial charge in [-0.15, -0.1) is 0 Å². The summed E-state index contributed by atoms with van der Waals surface area (Å²) in [4.78, 5) is 11.9. The summed E-state index contributed by atoms with van der Waals surface area (Å²) in [5, 5.41) is 4.11. The number of nitrogens with one attached hydrogen (secondary N) is 1. The maximum Gasteiger partial charge on any atom is 0.277 e. The number of nitrogens with zero attached hydrogens (tertiary/aromatic N) is 1. The second-order valence-electron chi connectivity index (χ2n) is 7.60. The topological polar surface area (TPSA) is 50.7 Å². The van der Waals surface area contributed by atoms with E-state index >= 15 is 0 Å². The lowest BCUT2D eigenvalue weighted by Crippen LogP contribution is -2.48. The molecule has 3 aliphatic carbocycles. The fourth-order valence-corrected chi connectivity index (χ4v) is 3.76. The van der Waals surface area contributed by atoms with Gasteiger partial charge in [0.05, 0.1) is 6.21 Å². The standard InChI is InChI=1S/C20H26N2O2/c1-13-5-6-14(2)18(9-13)24-12-19(23)22-21-11-15-7-8-16-10-17(15)20(16,3)4/h5-7,9,11,16-17H,8,10,12H2,1-4H3,(H,22,23)/b21-11-/t16-,17+/m0/s1. The second-order valence-corrected chi connectivity index (χ2v) is 7.60. The third-order valence-corrected chi connectivity index (χ3v) is 5.62. The molecule has 24 heavy (non-hydrogen) atoms. The van der Waals surface area contributed by atoms with Gasteiger partial charge in [0.25, 0.3) is 5.91 Å². The molecule has 1 saturated carbocycles. The van der Waals surface area contributed by atoms with Crippen molar-refractivity contribution < 1.29 is 9.53 Å². The van der Waals surface area contributed by atoms with Crippen molar-refractivity contribution in [2.24, 2.45) is 22.4 Å². The van der Waals surface area contributed by atoms with Crippen molar-refractivity contribution in [2.45, 2.75) is 40.5 Å². The molecular formula is C20H26N2O2. The number of rotatable bonds is 5. The van der Waals surface area contributed by atoms with E-state index in [2.05, 4.69) is 30.5 Å². The largest absolute Gasteiger partial charge is 0.483 e. The monoisotopic (exact) mass is 326 g/mol. The summed E-state index contributed by atoms with van der Waals surface area (Å²) in [6, 6.07) is 5.95. The fourth-order valence-electron chi connectivity index (χ4n) is 3.76. The van der Waals surface area contributed by atoms with Crippen molar-refractivity contribution in [1.82, 2.24) is 5.43 Å². The average molecular weight is 326 g/mol. The summed E-state index contributed by atoms with van der Waals surface area (Å²) in [5.74, 6) is 1.88. The Morgan fingerprint density at radius 3 is 2.92 bits per heavy atom. The predicted octanol–water partition coefficient (Wildman–Crippen LogP) is 3.78. The Balaban J connectivity index is 1.49. The maximum atomic E-state index is 11.9. The van der Waals surface area contributed by atoms with Crippen LogP contribution >= 0.6 is 0 Å². The summed E-state index contributed by atoms with van der Waals surface area (Å²) in [6.07, 6.45) is 6.42. The molecule has 0 saturated heterocycles. The highest BCUT2D eigenvalue weighted by atomic mass is 16.5. The van der Waals surface area contributed by atoms with Crippen molar-refractivity contribution >= 4 is 12.1 Å². The summed E-state index contributed by atoms with van der Waals surface area (Å²) in [6.45, 7) is 8.58. The van der Waals surface area contributed by atoms with Crippen LogP contribution in [0.15, 0.2) is 34.9 Å². The molecule has 1 amide bonds. The number of ether oxygens (including phenoxy) is 1. The third kappa shape index (κ3) is 3.23. The maximum absolute atomic E-state index is 11.9. The van der Waals surface area contributed by atoms with Gasteiger partial charge in [-0.3, -0.25) is 4.79 Å². The minimum absolute atomic E-state index is 0.0301. The molecule has 1 fully saturated rings. The van der Waals surface area contributed by atoms with Crippen molar-refractivity contribution in [1.29, 1.82) is 0 Å². The van der Waals surface area contributed by atoms with Crippen LogP contribution in [0.1, 0.15) is 37.8 Å². The van der Waals surface area contributed by atoms with E-state index in [9.17, 15) is 4.79 Å². The summed E-state index contributed by atoms with van der Waals surface area (Å²) < 4.78 is 5.58. The van der Waals surface area contributed by atoms with Gasteiger partial charge >= 0.3 is 0 Å². The number of hydrogen-bond acceptors (Lipinski definition) is 3. The summed E-state index contributed by atoms with van der Waals surface area (Å²) in [7, 11) is 0. The van der Waals surface area contributed by atoms with Gasteiger partial charge in [-0.1, -0.05) is 32.1 Å². The molecule has 1 aromatic carbocycles. The van der Waals surface area contributed by atoms with E-state index in [0.29, 0.717) is 11.3 Å². The molecule has 0 aliphatic heterocycles. The number of allylic oxidation sites excluding steroid dienone is 2. The molecule has 0 spiro atoms. The van der Waals surface area contributed by atoms with Gasteiger partial charge in [0.2, 0.25) is 0 Å². The first-order chi connectivity index (χ1) is 11.4. The lowest BCUT2D eigenvalue weighted by Gasteiger charge is -2.55. The van der Waals surface area contributed by atoms with E-state index in [1.807, 2.05) is 32.0 Å². The highest BCUT2D eigenvalue weighted by Crippen LogP contribution is 2.58. The molecule has 1 N–H and O–H groups in total. The van der Waals surface area contributed by atoms with Gasteiger partial charge < -0.3 is 4.74 Å². The van der Waals surface area contributed by atoms with Crippen LogP contribution in [0.2, 0.25) is 0 Å². The Labute approximate surface area is 144 Å². The molecule has 128 valence electrons. The Hall–Kier alpha value is -2.10. The smallest absolute Gasteiger partial charge is 0.277 e. The fraction of sp³-hybridized carbons (Fsp3) is 0.500. The Morgan fingerprint density at radius 1 is 1.42 bits per heavy atom. The molecule has 2 bridgehead atoms. The van der Waals surface area contributed by atoms with Crippen LogP contribution < -0.4 is 10.2 Å². The normalized spacial score (nSPS) is 24.2. The molecule has 4 nitrogen and oxygen atoms in total. The minimum Gasteiger partial charge on any atom is -0.483 e. The van der Waals surface area contributed by atoms with Crippen LogP contribution in [0, 0.1) is 31.1 Å². The zero-order chi connectivity index (χ0) is 17.3. The van der Waals surface area contributed by atoms with Crippen LogP contribution in [0.3, 0.4) is 0 Å². The van der Waals surface area contributed by atoms with E-state index < -0.39 is 0 Å². The first-order valence-electron chi connectivity index (χ1n) is 8.60. The van der Waals surface area contributed by atoms with E-state index in [0.717, 1.165) is 29.2 Å². The van der Waals surface area contributed by atoms with Crippen LogP contribution in [0.25, 0.3) is 0 Å². The van der Waals surface area contributed by atoms with Gasteiger partial charge in [0.1, 0.15) is 5.75 Å². The van der Waals surface area contributed by atoms with Gasteiger partial charge in [0.15, 0.2) is 6.61 Å². The van der Waals surface area contributed by atoms with E-state index in [-0.39, 0.29) is 12.5 Å². The molecular weight excluding hydrogens is 300 g/mol. The van der Waals surface area contributed by atoms with Gasteiger partial charge in [-0.25, -0.2) is 5.43 Å². The highest BCUT2D eigenvalue weighted by molar-refractivity contribution is 5.83. The zero-order valence-electron chi connectivity index (χ0n) is 14.9. The van der Waals surface area contributed by atoms with Gasteiger partial charge in [-0.2, -0.15) is 5.10 Å². The first kappa shape index (κ1) is 16.7. The van der Waals surface area contributed by atoms with Crippen molar-refractivity contribution in [3.63, 3.8) is 0 Å². The molecule has 0 unspecified atom stereocenters. The van der Waals surface area contributed by atoms with Crippen molar-refractivity contribution in [2.75, 3.05) is 6.61 Å². The predicted molar refractivity (Wildman–Crippen MR) is 96.1 cm³/mol. The average Bonchev–Trinajstić information content (AvgIpc) is 2.55. The summed E-state index contributed by atoms with van der Waals surface area (Å²) >= 11 is 0. The van der Waals surface area contributed by atoms with E-state index in [4.69, 9.17) is 4.74 Å². The first-order valence-corrected chi connectivity index (χ1v) is 8.60. The lowest BCUT2D eigenvalue weighted by molar-refractivity contribution is -0.123. The Morgan fingerprint density at radius 2 is 2.21 bits per heavy atom. The van der Waals surface area contributed by atoms with Crippen molar-refractivity contribution in [3.05, 3.63) is 41.0 Å². The Bertz CT molecular complexity index is 704. The number of fused-ring (bicyclic) bond motifs is 1. The van der Waals surface area contributed by atoms with Crippen molar-refractivity contribution in [3.8, 4) is 5.75 Å². The number of carbonyl (C=O) groups is 1. The quantitative estimate of drug-likeness (QED) is 0.661. The molecule has 4 heteroatoms. The number of hydrogen-bond donors (Lipinski definition) is 1. The molecule has 2 atom stereocenters. The number of amides is 1. The minimum atomic E-state index is -0.241. The molecule has 0 radical (unpaired) electrons. The SMILES string of the molecule is Cc1ccc(C)c(OCC(=O)N/N=C\C2=CC[C@H]3C[C@H]2C3(C)C)c1. The van der Waals surface area contributed by atoms with Crippen LogP contribution in [-0.2, 0) is 4.79 Å². The number of carbonyl (C=O) groups excluding carboxylic acids is 1. The number of hydrazone groups is 1. The molecule has 1 aromatic rings. The van der Waals surface area contributed by atoms with E-state index in [1.54, 1.807) is 6.21 Å². The lowest BCUT2D eigenvalue weighted by atomic mass is 9.49. The number of benzene rings is 1. The van der Waals surface area contributed by atoms with Gasteiger partial charge in [0, 0.05) is 0 Å². The highest BCUT2D eigenvalue weighted by Gasteiger charge is 2.50. The van der Waals surface area contributed by atoms with E-state index in [1.165, 1.54) is 12.0 Å². The molecule has 4 rings (SSSR count). The molecule has 0 heterocycles. The third-order valence-electron chi connectivity index (χ3n) is 5.62. The number of aryl methyl sites for hydroxylation is 2. The van der Waals surface area contributed by atoms with Crippen LogP contribution in [0.5, 0.6) is 5.75 Å². The molecule has 0 aromatic heterocycles. The van der Waals surface area contributed by atoms with Crippen LogP contribution in [-0.4, -0.2) is 18.7 Å². The summed E-state index contributed by atoms with van der Waals surface area (Å²) in [5.41, 5.74) is 6.31. The zero-order valence-corrected chi connectivity index (χ0v) is 14.9. The molecule has 3 aliphatic rings.